The van der Waals surface area contributed by atoms with Crippen LogP contribution in [0, 0.1) is 23.7 Å². The highest BCUT2D eigenvalue weighted by Gasteiger charge is 2.40. The lowest BCUT2D eigenvalue weighted by atomic mass is 10.00. The van der Waals surface area contributed by atoms with Crippen LogP contribution >= 0.6 is 0 Å². The van der Waals surface area contributed by atoms with Crippen LogP contribution in [-0.4, -0.2) is 251 Å². The number of nitrogens with one attached hydrogen (secondary N) is 15. The smallest absolute Gasteiger partial charge is 0.326 e. The Hall–Kier alpha value is -11.3. The fourth-order valence-corrected chi connectivity index (χ4v) is 13.1. The highest BCUT2D eigenvalue weighted by atomic mass is 16.4. The normalized spacial score (nSPS) is 21.1. The molecule has 46 heteroatoms. The minimum Gasteiger partial charge on any atom is -0.481 e. The van der Waals surface area contributed by atoms with Crippen molar-refractivity contribution in [3.05, 3.63) is 0 Å². The number of unbranched alkanes of at least 4 members (excludes halogenated alkanes) is 3. The summed E-state index contributed by atoms with van der Waals surface area (Å²) in [7, 11) is 0. The fourth-order valence-electron chi connectivity index (χ4n) is 13.1. The summed E-state index contributed by atoms with van der Waals surface area (Å²) in [6, 6.07) is -24.6. The van der Waals surface area contributed by atoms with Gasteiger partial charge in [-0.2, -0.15) is 0 Å². The molecule has 0 aliphatic carbocycles. The van der Waals surface area contributed by atoms with E-state index in [0.717, 1.165) is 0 Å². The van der Waals surface area contributed by atoms with Gasteiger partial charge in [-0.05, 0) is 179 Å². The minimum atomic E-state index is -2.11. The average molecular weight is 1790 g/mol. The van der Waals surface area contributed by atoms with Gasteiger partial charge in [0.05, 0.1) is 12.5 Å². The number of primary amides is 4. The molecule has 1 saturated heterocycles. The first-order valence-electron chi connectivity index (χ1n) is 43.1. The van der Waals surface area contributed by atoms with E-state index in [1.54, 1.807) is 55.4 Å². The summed E-state index contributed by atoms with van der Waals surface area (Å²) < 4.78 is 0. The van der Waals surface area contributed by atoms with Crippen molar-refractivity contribution in [1.82, 2.24) is 79.8 Å². The van der Waals surface area contributed by atoms with Gasteiger partial charge in [-0.1, -0.05) is 61.8 Å². The van der Waals surface area contributed by atoms with Crippen molar-refractivity contribution in [3.63, 3.8) is 0 Å². The van der Waals surface area contributed by atoms with Crippen molar-refractivity contribution in [1.29, 1.82) is 0 Å². The maximum Gasteiger partial charge on any atom is 0.326 e. The number of aliphatic carboxylic acids is 2. The summed E-state index contributed by atoms with van der Waals surface area (Å²) in [5.74, 6) is -24.5. The molecule has 46 nitrogen and oxygen atoms in total. The van der Waals surface area contributed by atoms with Crippen molar-refractivity contribution in [2.75, 3.05) is 26.2 Å². The van der Waals surface area contributed by atoms with Crippen LogP contribution in [0.25, 0.3) is 0 Å². The van der Waals surface area contributed by atoms with Crippen LogP contribution in [0.1, 0.15) is 236 Å². The molecule has 33 N–H and O–H groups in total. The van der Waals surface area contributed by atoms with Gasteiger partial charge >= 0.3 is 11.9 Å². The highest BCUT2D eigenvalue weighted by molar-refractivity contribution is 6.02. The van der Waals surface area contributed by atoms with Crippen molar-refractivity contribution in [3.8, 4) is 0 Å². The van der Waals surface area contributed by atoms with Crippen LogP contribution in [0.15, 0.2) is 0 Å². The standard InChI is InChI=1S/C80H141N23O23/c1-41(2)36-55(99-67(112)46(84)18-10-14-32-81)75(120)93-49-21-13-17-35-89-66(111)45(9)90-64(108)40-59(79(124)97-52(24-29-62(87)106)73(118)101-56(37-42(3)4)76(121)92-47(19-11-15-33-82)69(114)98-54(80(125)126)25-30-63(88)107)103-78(123)58(39-44(7)8)100-70(115)48(20-12-16-34-83)91-71(116)50(22-27-60(85)104)94-72(117)51(23-28-61(86)105)96-77(122)57(38-43(5)6)102-74(119)53(95-68(49)113)26-31-65(109)110/h41-59H,10-40,81-84H2,1-9H3,(H2,85,104)(H2,86,105)(H2,87,106)(H2,88,107)(H,89,111)(H,90,108)(H,91,116)(H,92,121)(H,93,120)(H,94,117)(H,95,113)(H,96,122)(H,97,124)(H,98,114)(H,99,112)(H,100,115)(H,101,118)(H,102,119)(H,103,123)(H,109,110)(H,125,126)/t45-,46-,47-,48-,49-,50?,51-,52-,53?,54-,55-,56-,57-,58?,59?/m0/s1. The number of hydrogen-bond donors (Lipinski definition) is 25. The third-order valence-corrected chi connectivity index (χ3v) is 20.0. The molecule has 126 heavy (non-hydrogen) atoms. The van der Waals surface area contributed by atoms with Gasteiger partial charge < -0.3 is 136 Å². The van der Waals surface area contributed by atoms with Crippen LogP contribution in [0.4, 0.5) is 0 Å². The molecule has 0 saturated carbocycles. The van der Waals surface area contributed by atoms with Crippen molar-refractivity contribution >= 4 is 124 Å². The van der Waals surface area contributed by atoms with E-state index in [1.165, 1.54) is 6.92 Å². The lowest BCUT2D eigenvalue weighted by molar-refractivity contribution is -0.143. The largest absolute Gasteiger partial charge is 0.481 e. The second kappa shape index (κ2) is 60.4. The maximum absolute atomic E-state index is 15.1. The summed E-state index contributed by atoms with van der Waals surface area (Å²) in [5.41, 5.74) is 45.3. The Morgan fingerprint density at radius 1 is 0.389 bits per heavy atom. The first kappa shape index (κ1) is 113. The molecule has 0 radical (unpaired) electrons. The summed E-state index contributed by atoms with van der Waals surface area (Å²) in [6.45, 7) is 14.9. The molecule has 0 aromatic rings. The predicted molar refractivity (Wildman–Crippen MR) is 457 cm³/mol. The maximum atomic E-state index is 15.1. The lowest BCUT2D eigenvalue weighted by Gasteiger charge is -2.29. The number of carboxylic acids is 2. The Labute approximate surface area is 734 Å². The number of rotatable bonds is 48. The Morgan fingerprint density at radius 2 is 0.770 bits per heavy atom. The van der Waals surface area contributed by atoms with Crippen molar-refractivity contribution in [2.45, 2.75) is 326 Å². The van der Waals surface area contributed by atoms with E-state index < -0.39 is 303 Å². The SMILES string of the molecule is CC(C)CC1NC(=O)[C@H](CCCCN)NC(=O)C(CCC(N)=O)NC(=O)[C@H](CCC(N)=O)NC(=O)[C@H](CC(C)C)NC(=O)C(CCC(=O)O)NC(=O)[C@@H](NC(=O)[C@H](CC(C)C)NC(=O)[C@@H](N)CCCCN)CCCCNC(=O)[C@H](C)NC(=O)CC(C(=O)N[C@@H](CCC(N)=O)C(=O)N[C@@H](CC(C)C)C(=O)N[C@@H](CCCCN)C(=O)N[C@@H](CCC(N)=O)C(=O)O)NC1=O. The quantitative estimate of drug-likeness (QED) is 0.0252. The van der Waals surface area contributed by atoms with Gasteiger partial charge in [0.15, 0.2) is 0 Å². The van der Waals surface area contributed by atoms with Crippen LogP contribution in [0.3, 0.4) is 0 Å². The van der Waals surface area contributed by atoms with Crippen LogP contribution in [0.2, 0.25) is 0 Å². The van der Waals surface area contributed by atoms with E-state index >= 15 is 9.59 Å². The summed E-state index contributed by atoms with van der Waals surface area (Å²) in [4.78, 5) is 291. The molecular weight excluding hydrogens is 1650 g/mol. The van der Waals surface area contributed by atoms with E-state index in [-0.39, 0.29) is 109 Å². The van der Waals surface area contributed by atoms with Crippen LogP contribution in [0.5, 0.6) is 0 Å². The molecule has 1 fully saturated rings. The van der Waals surface area contributed by atoms with Gasteiger partial charge in [-0.15, -0.1) is 0 Å². The Kier molecular flexibility index (Phi) is 54.0. The molecular formula is C80H141N23O23. The van der Waals surface area contributed by atoms with Gasteiger partial charge in [-0.25, -0.2) is 4.79 Å². The number of carboxylic acid groups (broad SMARTS) is 2. The third-order valence-electron chi connectivity index (χ3n) is 20.0. The van der Waals surface area contributed by atoms with E-state index in [2.05, 4.69) is 79.8 Å². The van der Waals surface area contributed by atoms with E-state index in [1.807, 2.05) is 0 Å². The van der Waals surface area contributed by atoms with Crippen LogP contribution in [-0.2, 0) is 101 Å². The summed E-state index contributed by atoms with van der Waals surface area (Å²) >= 11 is 0. The number of carbonyl (C=O) groups is 21. The number of carbonyl (C=O) groups excluding carboxylic acids is 19. The molecule has 15 atom stereocenters. The van der Waals surface area contributed by atoms with Gasteiger partial charge in [-0.3, -0.25) is 95.9 Å². The monoisotopic (exact) mass is 1790 g/mol. The van der Waals surface area contributed by atoms with Crippen molar-refractivity contribution in [2.24, 2.45) is 69.5 Å². The fraction of sp³-hybridized carbons (Fsp3) is 0.738. The first-order valence-corrected chi connectivity index (χ1v) is 43.1. The molecule has 0 aromatic carbocycles. The summed E-state index contributed by atoms with van der Waals surface area (Å²) in [6.07, 6.45) is -6.20. The highest BCUT2D eigenvalue weighted by Crippen LogP contribution is 2.17. The lowest BCUT2D eigenvalue weighted by Crippen LogP contribution is -2.61. The number of amides is 19. The third kappa shape index (κ3) is 47.2. The van der Waals surface area contributed by atoms with E-state index in [0.29, 0.717) is 25.8 Å². The van der Waals surface area contributed by atoms with Crippen molar-refractivity contribution < 1.29 is 111 Å². The topological polar surface area (TPSA) is 788 Å². The van der Waals surface area contributed by atoms with E-state index in [9.17, 15) is 101 Å². The van der Waals surface area contributed by atoms with E-state index in [4.69, 9.17) is 45.9 Å². The number of nitrogens with two attached hydrogens (primary N) is 8. The predicted octanol–water partition coefficient (Wildman–Crippen LogP) is -6.61. The number of hydrogen-bond acceptors (Lipinski definition) is 25. The molecule has 1 aliphatic heterocycles. The Morgan fingerprint density at radius 3 is 1.22 bits per heavy atom. The molecule has 1 aliphatic rings. The summed E-state index contributed by atoms with van der Waals surface area (Å²) in [5, 5.41) is 57.3. The average Bonchev–Trinajstić information content (AvgIpc) is 0.852. The molecule has 0 spiro atoms. The van der Waals surface area contributed by atoms with Crippen LogP contribution < -0.4 is 126 Å². The molecule has 0 bridgehead atoms. The Bertz CT molecular complexity index is 3660. The molecule has 19 amide bonds. The molecule has 0 aromatic heterocycles. The molecule has 1 heterocycles. The Balaban J connectivity index is 4.51. The molecule has 714 valence electrons. The van der Waals surface area contributed by atoms with Gasteiger partial charge in [0.1, 0.15) is 84.6 Å². The van der Waals surface area contributed by atoms with Gasteiger partial charge in [0.2, 0.25) is 112 Å². The zero-order valence-electron chi connectivity index (χ0n) is 74.0. The zero-order valence-corrected chi connectivity index (χ0v) is 74.0. The zero-order chi connectivity index (χ0) is 95.6. The molecule has 1 rings (SSSR count). The molecule has 4 unspecified atom stereocenters. The van der Waals surface area contributed by atoms with Gasteiger partial charge in [0.25, 0.3) is 0 Å². The van der Waals surface area contributed by atoms with Gasteiger partial charge in [0, 0.05) is 38.6 Å². The second-order valence-corrected chi connectivity index (χ2v) is 33.3. The minimum absolute atomic E-state index is 0.00344. The first-order chi connectivity index (χ1) is 59.1. The second-order valence-electron chi connectivity index (χ2n) is 33.3.